The van der Waals surface area contributed by atoms with Gasteiger partial charge in [-0.1, -0.05) is 18.2 Å². The Morgan fingerprint density at radius 2 is 1.90 bits per heavy atom. The largest absolute Gasteiger partial charge is 0.497 e. The topological polar surface area (TPSA) is 75.7 Å². The van der Waals surface area contributed by atoms with Crippen LogP contribution in [-0.2, 0) is 9.84 Å². The molecule has 0 aliphatic carbocycles. The van der Waals surface area contributed by atoms with E-state index in [-0.39, 0.29) is 22.8 Å². The van der Waals surface area contributed by atoms with Crippen molar-refractivity contribution in [1.82, 2.24) is 10.2 Å². The third kappa shape index (κ3) is 5.02. The van der Waals surface area contributed by atoms with Gasteiger partial charge >= 0.3 is 0 Å². The summed E-state index contributed by atoms with van der Waals surface area (Å²) in [6, 6.07) is 13.0. The number of hydrogen-bond donors (Lipinski definition) is 1. The average Bonchev–Trinajstić information content (AvgIpc) is 2.71. The molecule has 1 amide bonds. The van der Waals surface area contributed by atoms with E-state index in [1.165, 1.54) is 17.7 Å². The molecule has 2 atom stereocenters. The minimum atomic E-state index is -3.37. The number of rotatable bonds is 6. The maximum absolute atomic E-state index is 12.9. The van der Waals surface area contributed by atoms with E-state index >= 15 is 0 Å². The SMILES string of the molecule is COc1ccc(C2C(CNC(=O)c3cc(S(C)(=O)=O)ccc3C)CCCN2C)cc1. The Morgan fingerprint density at radius 3 is 2.53 bits per heavy atom. The third-order valence-corrected chi connectivity index (χ3v) is 6.98. The molecule has 1 heterocycles. The highest BCUT2D eigenvalue weighted by atomic mass is 32.2. The van der Waals surface area contributed by atoms with E-state index in [1.807, 2.05) is 19.1 Å². The summed E-state index contributed by atoms with van der Waals surface area (Å²) >= 11 is 0. The number of benzene rings is 2. The summed E-state index contributed by atoms with van der Waals surface area (Å²) in [5.41, 5.74) is 2.36. The molecule has 1 N–H and O–H groups in total. The summed E-state index contributed by atoms with van der Waals surface area (Å²) in [6.45, 7) is 3.36. The van der Waals surface area contributed by atoms with Crippen molar-refractivity contribution in [3.05, 3.63) is 59.2 Å². The lowest BCUT2D eigenvalue weighted by atomic mass is 9.84. The highest BCUT2D eigenvalue weighted by Gasteiger charge is 2.31. The summed E-state index contributed by atoms with van der Waals surface area (Å²) in [7, 11) is 0.402. The Hall–Kier alpha value is -2.38. The van der Waals surface area contributed by atoms with Gasteiger partial charge in [0.25, 0.3) is 5.91 Å². The van der Waals surface area contributed by atoms with Crippen LogP contribution < -0.4 is 10.1 Å². The molecule has 0 radical (unpaired) electrons. The molecule has 1 saturated heterocycles. The fourth-order valence-corrected chi connectivity index (χ4v) is 4.84. The molecular formula is C23H30N2O4S. The summed E-state index contributed by atoms with van der Waals surface area (Å²) in [5, 5.41) is 3.05. The number of aryl methyl sites for hydroxylation is 1. The van der Waals surface area contributed by atoms with E-state index < -0.39 is 9.84 Å². The van der Waals surface area contributed by atoms with E-state index in [0.717, 1.165) is 37.0 Å². The van der Waals surface area contributed by atoms with Crippen LogP contribution in [0.5, 0.6) is 5.75 Å². The predicted octanol–water partition coefficient (Wildman–Crippen LogP) is 3.22. The van der Waals surface area contributed by atoms with Crippen LogP contribution in [-0.4, -0.2) is 52.7 Å². The van der Waals surface area contributed by atoms with Crippen LogP contribution in [0, 0.1) is 12.8 Å². The second-order valence-corrected chi connectivity index (χ2v) is 10.1. The van der Waals surface area contributed by atoms with Gasteiger partial charge in [0.15, 0.2) is 9.84 Å². The van der Waals surface area contributed by atoms with Crippen LogP contribution in [0.4, 0.5) is 0 Å². The lowest BCUT2D eigenvalue weighted by Gasteiger charge is -2.39. The van der Waals surface area contributed by atoms with Gasteiger partial charge in [-0.15, -0.1) is 0 Å². The molecule has 6 nitrogen and oxygen atoms in total. The highest BCUT2D eigenvalue weighted by molar-refractivity contribution is 7.90. The third-order valence-electron chi connectivity index (χ3n) is 5.87. The zero-order chi connectivity index (χ0) is 21.9. The van der Waals surface area contributed by atoms with Crippen molar-refractivity contribution in [2.24, 2.45) is 5.92 Å². The number of nitrogens with zero attached hydrogens (tertiary/aromatic N) is 1. The summed E-state index contributed by atoms with van der Waals surface area (Å²) in [4.78, 5) is 15.3. The first-order valence-electron chi connectivity index (χ1n) is 10.1. The van der Waals surface area contributed by atoms with Gasteiger partial charge in [0.2, 0.25) is 0 Å². The van der Waals surface area contributed by atoms with E-state index in [0.29, 0.717) is 12.1 Å². The lowest BCUT2D eigenvalue weighted by Crippen LogP contribution is -2.41. The van der Waals surface area contributed by atoms with Crippen LogP contribution in [0.25, 0.3) is 0 Å². The van der Waals surface area contributed by atoms with Gasteiger partial charge in [-0.3, -0.25) is 9.69 Å². The number of hydrogen-bond acceptors (Lipinski definition) is 5. The van der Waals surface area contributed by atoms with Gasteiger partial charge in [0, 0.05) is 24.4 Å². The molecule has 7 heteroatoms. The average molecular weight is 431 g/mol. The number of likely N-dealkylation sites (tertiary alicyclic amines) is 1. The van der Waals surface area contributed by atoms with Gasteiger partial charge in [0.05, 0.1) is 12.0 Å². The van der Waals surface area contributed by atoms with Crippen molar-refractivity contribution in [3.8, 4) is 5.75 Å². The van der Waals surface area contributed by atoms with E-state index in [9.17, 15) is 13.2 Å². The molecule has 30 heavy (non-hydrogen) atoms. The monoisotopic (exact) mass is 430 g/mol. The molecule has 1 aliphatic heterocycles. The fraction of sp³-hybridized carbons (Fsp3) is 0.435. The smallest absolute Gasteiger partial charge is 0.251 e. The summed E-state index contributed by atoms with van der Waals surface area (Å²) in [5.74, 6) is 0.850. The Morgan fingerprint density at radius 1 is 1.20 bits per heavy atom. The van der Waals surface area contributed by atoms with Crippen molar-refractivity contribution in [2.45, 2.75) is 30.7 Å². The van der Waals surface area contributed by atoms with Crippen molar-refractivity contribution in [3.63, 3.8) is 0 Å². The quantitative estimate of drug-likeness (QED) is 0.762. The number of amides is 1. The van der Waals surface area contributed by atoms with Crippen LogP contribution >= 0.6 is 0 Å². The minimum Gasteiger partial charge on any atom is -0.497 e. The number of methoxy groups -OCH3 is 1. The molecule has 1 fully saturated rings. The molecular weight excluding hydrogens is 400 g/mol. The first kappa shape index (κ1) is 22.3. The Bertz CT molecular complexity index is 1000. The van der Waals surface area contributed by atoms with Crippen molar-refractivity contribution < 1.29 is 17.9 Å². The molecule has 2 aromatic carbocycles. The van der Waals surface area contributed by atoms with Crippen LogP contribution in [0.3, 0.4) is 0 Å². The fourth-order valence-electron chi connectivity index (χ4n) is 4.20. The Balaban J connectivity index is 1.76. The van der Waals surface area contributed by atoms with Crippen LogP contribution in [0.2, 0.25) is 0 Å². The zero-order valence-corrected chi connectivity index (χ0v) is 18.8. The molecule has 1 aliphatic rings. The summed E-state index contributed by atoms with van der Waals surface area (Å²) < 4.78 is 29.0. The second kappa shape index (κ2) is 9.18. The molecule has 3 rings (SSSR count). The number of piperidine rings is 1. The number of carbonyl (C=O) groups excluding carboxylic acids is 1. The molecule has 0 spiro atoms. The van der Waals surface area contributed by atoms with Crippen LogP contribution in [0.15, 0.2) is 47.4 Å². The highest BCUT2D eigenvalue weighted by Crippen LogP contribution is 2.35. The van der Waals surface area contributed by atoms with E-state index in [2.05, 4.69) is 29.4 Å². The Kier molecular flexibility index (Phi) is 6.83. The lowest BCUT2D eigenvalue weighted by molar-refractivity contribution is 0.0890. The predicted molar refractivity (Wildman–Crippen MR) is 118 cm³/mol. The molecule has 0 bridgehead atoms. The van der Waals surface area contributed by atoms with Crippen molar-refractivity contribution in [2.75, 3.05) is 33.5 Å². The standard InChI is InChI=1S/C23H30N2O4S/c1-16-7-12-20(30(4,27)28)14-21(16)23(26)24-15-18-6-5-13-25(2)22(18)17-8-10-19(29-3)11-9-17/h7-12,14,18,22H,5-6,13,15H2,1-4H3,(H,24,26). The van der Waals surface area contributed by atoms with Gasteiger partial charge < -0.3 is 10.1 Å². The van der Waals surface area contributed by atoms with Gasteiger partial charge in [-0.2, -0.15) is 0 Å². The first-order chi connectivity index (χ1) is 14.2. The molecule has 0 saturated carbocycles. The number of nitrogens with one attached hydrogen (secondary N) is 1. The normalized spacial score (nSPS) is 20.0. The van der Waals surface area contributed by atoms with Crippen molar-refractivity contribution >= 4 is 15.7 Å². The zero-order valence-electron chi connectivity index (χ0n) is 18.0. The number of carbonyl (C=O) groups is 1. The number of sulfone groups is 1. The molecule has 2 unspecified atom stereocenters. The second-order valence-electron chi connectivity index (χ2n) is 8.06. The van der Waals surface area contributed by atoms with E-state index in [4.69, 9.17) is 4.74 Å². The molecule has 162 valence electrons. The van der Waals surface area contributed by atoms with Gasteiger partial charge in [-0.25, -0.2) is 8.42 Å². The Labute approximate surface area is 179 Å². The van der Waals surface area contributed by atoms with E-state index in [1.54, 1.807) is 13.2 Å². The maximum atomic E-state index is 12.9. The molecule has 0 aromatic heterocycles. The van der Waals surface area contributed by atoms with Gasteiger partial charge in [-0.05, 0) is 74.7 Å². The van der Waals surface area contributed by atoms with Crippen LogP contribution in [0.1, 0.15) is 40.4 Å². The molecule has 2 aromatic rings. The maximum Gasteiger partial charge on any atom is 0.251 e. The number of ether oxygens (including phenoxy) is 1. The van der Waals surface area contributed by atoms with Crippen molar-refractivity contribution in [1.29, 1.82) is 0 Å². The summed E-state index contributed by atoms with van der Waals surface area (Å²) in [6.07, 6.45) is 3.24. The first-order valence-corrected chi connectivity index (χ1v) is 12.0. The minimum absolute atomic E-state index is 0.159. The van der Waals surface area contributed by atoms with Gasteiger partial charge in [0.1, 0.15) is 5.75 Å².